The summed E-state index contributed by atoms with van der Waals surface area (Å²) in [6, 6.07) is 9.20. The first kappa shape index (κ1) is 27.6. The summed E-state index contributed by atoms with van der Waals surface area (Å²) >= 11 is 6.50. The first-order valence-electron chi connectivity index (χ1n) is 13.1. The van der Waals surface area contributed by atoms with Gasteiger partial charge in [-0.05, 0) is 61.2 Å². The lowest BCUT2D eigenvalue weighted by Gasteiger charge is -2.29. The molecule has 2 aliphatic heterocycles. The number of likely N-dealkylation sites (N-methyl/N-ethyl adjacent to an activating group) is 1. The molecule has 1 unspecified atom stereocenters. The van der Waals surface area contributed by atoms with E-state index in [2.05, 4.69) is 21.3 Å². The van der Waals surface area contributed by atoms with Crippen LogP contribution in [0.15, 0.2) is 36.4 Å². The molecule has 5 rings (SSSR count). The number of hydrogen-bond donors (Lipinski definition) is 4. The minimum Gasteiger partial charge on any atom is -0.464 e. The third kappa shape index (κ3) is 5.52. The van der Waals surface area contributed by atoms with Crippen LogP contribution in [0.25, 0.3) is 0 Å². The Balaban J connectivity index is 1.16. The lowest BCUT2D eigenvalue weighted by atomic mass is 9.95. The Morgan fingerprint density at radius 1 is 1.15 bits per heavy atom. The van der Waals surface area contributed by atoms with Crippen molar-refractivity contribution in [1.82, 2.24) is 20.9 Å². The van der Waals surface area contributed by atoms with Crippen molar-refractivity contribution in [2.24, 2.45) is 0 Å². The lowest BCUT2D eigenvalue weighted by Crippen LogP contribution is -2.52. The molecule has 11 nitrogen and oxygen atoms in total. The molecule has 0 spiro atoms. The van der Waals surface area contributed by atoms with E-state index < -0.39 is 23.4 Å². The quantitative estimate of drug-likeness (QED) is 0.206. The Morgan fingerprint density at radius 3 is 2.65 bits per heavy atom. The van der Waals surface area contributed by atoms with Crippen molar-refractivity contribution in [3.8, 4) is 0 Å². The largest absolute Gasteiger partial charge is 0.464 e. The van der Waals surface area contributed by atoms with Crippen LogP contribution >= 0.6 is 11.6 Å². The highest BCUT2D eigenvalue weighted by Crippen LogP contribution is 2.51. The summed E-state index contributed by atoms with van der Waals surface area (Å²) in [5, 5.41) is 11.1. The predicted octanol–water partition coefficient (Wildman–Crippen LogP) is 2.22. The van der Waals surface area contributed by atoms with Gasteiger partial charge in [0.1, 0.15) is 12.6 Å². The van der Waals surface area contributed by atoms with Gasteiger partial charge in [0.2, 0.25) is 11.8 Å². The fourth-order valence-electron chi connectivity index (χ4n) is 5.17. The number of urea groups is 1. The van der Waals surface area contributed by atoms with E-state index in [1.807, 2.05) is 6.07 Å². The van der Waals surface area contributed by atoms with Gasteiger partial charge in [0, 0.05) is 42.3 Å². The molecule has 1 atom stereocenters. The minimum absolute atomic E-state index is 0.194. The molecule has 0 aromatic heterocycles. The highest BCUT2D eigenvalue weighted by atomic mass is 35.5. The number of rotatable bonds is 9. The van der Waals surface area contributed by atoms with Crippen LogP contribution in [0.5, 0.6) is 0 Å². The monoisotopic (exact) mass is 567 g/mol. The normalized spacial score (nSPS) is 19.1. The van der Waals surface area contributed by atoms with E-state index in [0.717, 1.165) is 11.1 Å². The van der Waals surface area contributed by atoms with Gasteiger partial charge in [0.25, 0.3) is 5.91 Å². The van der Waals surface area contributed by atoms with Crippen LogP contribution in [0.4, 0.5) is 10.5 Å². The van der Waals surface area contributed by atoms with Crippen LogP contribution in [-0.4, -0.2) is 60.9 Å². The van der Waals surface area contributed by atoms with Gasteiger partial charge in [-0.1, -0.05) is 29.8 Å². The smallest absolute Gasteiger partial charge is 0.319 e. The number of piperidine rings is 1. The third-order valence-corrected chi connectivity index (χ3v) is 7.82. The second kappa shape index (κ2) is 11.3. The van der Waals surface area contributed by atoms with E-state index in [1.165, 1.54) is 4.90 Å². The van der Waals surface area contributed by atoms with Crippen molar-refractivity contribution in [3.63, 3.8) is 0 Å². The van der Waals surface area contributed by atoms with Gasteiger partial charge in [-0.3, -0.25) is 24.5 Å². The Hall–Kier alpha value is -3.96. The number of benzene rings is 2. The molecule has 1 saturated heterocycles. The summed E-state index contributed by atoms with van der Waals surface area (Å²) in [5.41, 5.74) is 2.49. The molecule has 2 heterocycles. The number of carbonyl (C=O) groups is 5. The number of nitrogens with one attached hydrogen (secondary N) is 4. The summed E-state index contributed by atoms with van der Waals surface area (Å²) in [7, 11) is 1.78. The Morgan fingerprint density at radius 2 is 1.95 bits per heavy atom. The van der Waals surface area contributed by atoms with Gasteiger partial charge in [-0.25, -0.2) is 4.79 Å². The number of halogens is 1. The Labute approximate surface area is 235 Å². The molecule has 1 aliphatic carbocycles. The molecule has 210 valence electrons. The first-order valence-corrected chi connectivity index (χ1v) is 13.5. The van der Waals surface area contributed by atoms with Crippen LogP contribution in [0.2, 0.25) is 5.02 Å². The standard InChI is InChI=1S/C28H30ClN5O6/c1-30-10-11-40-26(38)28(8-9-28)20-5-3-18(13-21(20)29)32-27(39)31-14-16-2-4-19-17(12-16)15-34(25(19)37)22-6-7-23(35)33-24(22)36/h2-5,12-13,22,30H,6-11,14-15H2,1H3,(H2,31,32,39)(H,33,35,36). The third-order valence-electron chi connectivity index (χ3n) is 7.51. The molecule has 4 N–H and O–H groups in total. The van der Waals surface area contributed by atoms with E-state index in [-0.39, 0.29) is 43.9 Å². The summed E-state index contributed by atoms with van der Waals surface area (Å²) < 4.78 is 5.38. The van der Waals surface area contributed by atoms with Crippen LogP contribution in [-0.2, 0) is 37.6 Å². The molecule has 12 heteroatoms. The Kier molecular flexibility index (Phi) is 7.77. The van der Waals surface area contributed by atoms with Crippen LogP contribution in [0.1, 0.15) is 52.7 Å². The fourth-order valence-corrected chi connectivity index (χ4v) is 5.53. The first-order chi connectivity index (χ1) is 19.2. The van der Waals surface area contributed by atoms with E-state index in [0.29, 0.717) is 47.6 Å². The topological polar surface area (TPSA) is 146 Å². The number of ether oxygens (including phenoxy) is 1. The number of fused-ring (bicyclic) bond motifs is 1. The number of carbonyl (C=O) groups excluding carboxylic acids is 5. The molecule has 2 aromatic carbocycles. The van der Waals surface area contributed by atoms with Crippen molar-refractivity contribution < 1.29 is 28.7 Å². The maximum atomic E-state index is 12.9. The number of hydrogen-bond acceptors (Lipinski definition) is 7. The van der Waals surface area contributed by atoms with Gasteiger partial charge >= 0.3 is 12.0 Å². The SMILES string of the molecule is CNCCOC(=O)C1(c2ccc(NC(=O)NCc3ccc4c(c3)CN(C3CCC(=O)NC3=O)C4=O)cc2Cl)CC1. The summed E-state index contributed by atoms with van der Waals surface area (Å²) in [4.78, 5) is 63.2. The maximum absolute atomic E-state index is 12.9. The molecule has 3 aliphatic rings. The average Bonchev–Trinajstić information content (AvgIpc) is 3.66. The highest BCUT2D eigenvalue weighted by Gasteiger charge is 2.53. The zero-order valence-electron chi connectivity index (χ0n) is 22.0. The van der Waals surface area contributed by atoms with E-state index >= 15 is 0 Å². The molecule has 5 amide bonds. The Bertz CT molecular complexity index is 1390. The van der Waals surface area contributed by atoms with Crippen molar-refractivity contribution in [1.29, 1.82) is 0 Å². The van der Waals surface area contributed by atoms with E-state index in [1.54, 1.807) is 37.4 Å². The summed E-state index contributed by atoms with van der Waals surface area (Å²) in [6.07, 6.45) is 1.82. The van der Waals surface area contributed by atoms with Gasteiger partial charge in [0.05, 0.1) is 5.41 Å². The second-order valence-electron chi connectivity index (χ2n) is 10.2. The molecular weight excluding hydrogens is 538 g/mol. The summed E-state index contributed by atoms with van der Waals surface area (Å²) in [6.45, 7) is 1.32. The zero-order valence-corrected chi connectivity index (χ0v) is 22.7. The molecular formula is C28H30ClN5O6. The number of imide groups is 1. The maximum Gasteiger partial charge on any atom is 0.319 e. The van der Waals surface area contributed by atoms with Gasteiger partial charge in [-0.2, -0.15) is 0 Å². The lowest BCUT2D eigenvalue weighted by molar-refractivity contribution is -0.146. The summed E-state index contributed by atoms with van der Waals surface area (Å²) in [5.74, 6) is -1.33. The number of amides is 5. The zero-order chi connectivity index (χ0) is 28.4. The van der Waals surface area contributed by atoms with Gasteiger partial charge in [0.15, 0.2) is 0 Å². The highest BCUT2D eigenvalue weighted by molar-refractivity contribution is 6.32. The number of esters is 1. The molecule has 0 radical (unpaired) electrons. The van der Waals surface area contributed by atoms with Gasteiger partial charge in [-0.15, -0.1) is 0 Å². The number of anilines is 1. The fraction of sp³-hybridized carbons (Fsp3) is 0.393. The van der Waals surface area contributed by atoms with Crippen molar-refractivity contribution in [2.45, 2.75) is 50.2 Å². The molecule has 2 fully saturated rings. The molecule has 2 aromatic rings. The molecule has 1 saturated carbocycles. The van der Waals surface area contributed by atoms with Crippen molar-refractivity contribution in [3.05, 3.63) is 63.7 Å². The van der Waals surface area contributed by atoms with Crippen LogP contribution in [0.3, 0.4) is 0 Å². The molecule has 40 heavy (non-hydrogen) atoms. The van der Waals surface area contributed by atoms with Crippen LogP contribution in [0, 0.1) is 0 Å². The van der Waals surface area contributed by atoms with Crippen LogP contribution < -0.4 is 21.3 Å². The van der Waals surface area contributed by atoms with E-state index in [4.69, 9.17) is 16.3 Å². The van der Waals surface area contributed by atoms with E-state index in [9.17, 15) is 24.0 Å². The molecule has 0 bridgehead atoms. The van der Waals surface area contributed by atoms with Crippen molar-refractivity contribution >= 4 is 47.0 Å². The predicted molar refractivity (Wildman–Crippen MR) is 146 cm³/mol. The average molecular weight is 568 g/mol. The number of nitrogens with zero attached hydrogens (tertiary/aromatic N) is 1. The minimum atomic E-state index is -0.728. The van der Waals surface area contributed by atoms with Crippen molar-refractivity contribution in [2.75, 3.05) is 25.5 Å². The van der Waals surface area contributed by atoms with Gasteiger partial charge < -0.3 is 25.6 Å². The second-order valence-corrected chi connectivity index (χ2v) is 10.6.